The zero-order chi connectivity index (χ0) is 13.6. The zero-order valence-corrected chi connectivity index (χ0v) is 12.2. The molecule has 3 aliphatic carbocycles. The van der Waals surface area contributed by atoms with Gasteiger partial charge in [0.1, 0.15) is 0 Å². The normalized spacial score (nSPS) is 41.1. The topological polar surface area (TPSA) is 23.5 Å². The first-order valence-corrected chi connectivity index (χ1v) is 8.24. The highest BCUT2D eigenvalue weighted by molar-refractivity contribution is 5.31. The van der Waals surface area contributed by atoms with E-state index in [-0.39, 0.29) is 11.5 Å². The predicted molar refractivity (Wildman–Crippen MR) is 80.7 cm³/mol. The van der Waals surface area contributed by atoms with Gasteiger partial charge >= 0.3 is 0 Å². The number of likely N-dealkylation sites (tertiary alicyclic amines) is 1. The lowest BCUT2D eigenvalue weighted by atomic mass is 9.53. The molecule has 108 valence electrons. The molecule has 1 aromatic rings. The van der Waals surface area contributed by atoms with Crippen LogP contribution in [0.1, 0.15) is 50.5 Å². The summed E-state index contributed by atoms with van der Waals surface area (Å²) in [5.41, 5.74) is 1.73. The molecule has 1 N–H and O–H groups in total. The van der Waals surface area contributed by atoms with E-state index in [0.29, 0.717) is 5.54 Å². The van der Waals surface area contributed by atoms with Crippen molar-refractivity contribution in [3.63, 3.8) is 0 Å². The van der Waals surface area contributed by atoms with Crippen LogP contribution in [0.3, 0.4) is 0 Å². The summed E-state index contributed by atoms with van der Waals surface area (Å²) in [6, 6.07) is 10.8. The Morgan fingerprint density at radius 2 is 1.60 bits per heavy atom. The second kappa shape index (κ2) is 4.57. The minimum Gasteiger partial charge on any atom is -0.392 e. The molecule has 1 heterocycles. The van der Waals surface area contributed by atoms with E-state index in [1.54, 1.807) is 0 Å². The maximum atomic E-state index is 10.9. The fourth-order valence-electron chi connectivity index (χ4n) is 5.14. The van der Waals surface area contributed by atoms with E-state index in [1.807, 2.05) is 0 Å². The highest BCUT2D eigenvalue weighted by Gasteiger charge is 2.56. The minimum absolute atomic E-state index is 0.0444. The van der Waals surface area contributed by atoms with Crippen molar-refractivity contribution in [3.8, 4) is 0 Å². The molecular weight excluding hydrogens is 246 g/mol. The van der Waals surface area contributed by atoms with E-state index in [0.717, 1.165) is 19.3 Å². The monoisotopic (exact) mass is 271 g/mol. The maximum absolute atomic E-state index is 10.9. The van der Waals surface area contributed by atoms with E-state index in [2.05, 4.69) is 35.2 Å². The van der Waals surface area contributed by atoms with Gasteiger partial charge < -0.3 is 5.11 Å². The Hall–Kier alpha value is -0.860. The average Bonchev–Trinajstić information content (AvgIpc) is 3.04. The molecule has 1 atom stereocenters. The lowest BCUT2D eigenvalue weighted by molar-refractivity contribution is -0.0930. The van der Waals surface area contributed by atoms with Gasteiger partial charge in [0.2, 0.25) is 0 Å². The maximum Gasteiger partial charge on any atom is 0.0654 e. The third-order valence-electron chi connectivity index (χ3n) is 6.41. The summed E-state index contributed by atoms with van der Waals surface area (Å²) in [6.07, 6.45) is 8.40. The quantitative estimate of drug-likeness (QED) is 0.893. The van der Waals surface area contributed by atoms with Crippen molar-refractivity contribution in [2.24, 2.45) is 0 Å². The summed E-state index contributed by atoms with van der Waals surface area (Å²) in [6.45, 7) is 2.51. The number of aliphatic hydroxyl groups excluding tert-OH is 1. The summed E-state index contributed by atoms with van der Waals surface area (Å²) in [7, 11) is 0. The van der Waals surface area contributed by atoms with Crippen molar-refractivity contribution in [3.05, 3.63) is 35.9 Å². The highest BCUT2D eigenvalue weighted by atomic mass is 16.3. The van der Waals surface area contributed by atoms with Crippen LogP contribution in [0, 0.1) is 0 Å². The van der Waals surface area contributed by atoms with E-state index in [4.69, 9.17) is 0 Å². The van der Waals surface area contributed by atoms with Crippen LogP contribution < -0.4 is 0 Å². The molecule has 2 bridgehead atoms. The third kappa shape index (κ3) is 1.71. The van der Waals surface area contributed by atoms with E-state index < -0.39 is 0 Å². The Kier molecular flexibility index (Phi) is 2.94. The van der Waals surface area contributed by atoms with Gasteiger partial charge in [-0.2, -0.15) is 0 Å². The van der Waals surface area contributed by atoms with E-state index in [1.165, 1.54) is 44.3 Å². The number of hydrogen-bond acceptors (Lipinski definition) is 2. The lowest BCUT2D eigenvalue weighted by Crippen LogP contribution is -2.62. The molecule has 1 aliphatic heterocycles. The van der Waals surface area contributed by atoms with Crippen LogP contribution in [-0.2, 0) is 5.41 Å². The molecule has 0 unspecified atom stereocenters. The number of nitrogens with zero attached hydrogens (tertiary/aromatic N) is 1. The third-order valence-corrected chi connectivity index (χ3v) is 6.41. The molecule has 3 saturated carbocycles. The first-order valence-electron chi connectivity index (χ1n) is 8.24. The van der Waals surface area contributed by atoms with Crippen LogP contribution in [0.25, 0.3) is 0 Å². The fourth-order valence-corrected chi connectivity index (χ4v) is 5.14. The molecule has 4 aliphatic rings. The van der Waals surface area contributed by atoms with Crippen molar-refractivity contribution in [1.29, 1.82) is 0 Å². The SMILES string of the molecule is O[C@H]1CC2(N3CCCC3)CCC1(c1ccccc1)CC2. The van der Waals surface area contributed by atoms with Crippen molar-refractivity contribution >= 4 is 0 Å². The average molecular weight is 271 g/mol. The summed E-state index contributed by atoms with van der Waals surface area (Å²) in [5, 5.41) is 10.9. The number of rotatable bonds is 2. The fraction of sp³-hybridized carbons (Fsp3) is 0.667. The van der Waals surface area contributed by atoms with Gasteiger partial charge in [0, 0.05) is 11.0 Å². The van der Waals surface area contributed by atoms with Crippen molar-refractivity contribution in [2.75, 3.05) is 13.1 Å². The second-order valence-electron chi connectivity index (χ2n) is 7.16. The van der Waals surface area contributed by atoms with Crippen LogP contribution in [0.15, 0.2) is 30.3 Å². The predicted octanol–water partition coefficient (Wildman–Crippen LogP) is 3.10. The molecule has 4 fully saturated rings. The van der Waals surface area contributed by atoms with Gasteiger partial charge in [-0.3, -0.25) is 4.90 Å². The molecule has 0 aromatic heterocycles. The Morgan fingerprint density at radius 3 is 2.20 bits per heavy atom. The zero-order valence-electron chi connectivity index (χ0n) is 12.2. The Morgan fingerprint density at radius 1 is 0.950 bits per heavy atom. The molecule has 2 nitrogen and oxygen atoms in total. The van der Waals surface area contributed by atoms with Crippen LogP contribution >= 0.6 is 0 Å². The molecule has 1 saturated heterocycles. The number of fused-ring (bicyclic) bond motifs is 3. The standard InChI is InChI=1S/C18H25NO/c20-16-14-17(19-12-4-5-13-19)8-10-18(16,11-9-17)15-6-2-1-3-7-15/h1-3,6-7,16,20H,4-5,8-14H2/t16-,17?,18?/m0/s1. The summed E-state index contributed by atoms with van der Waals surface area (Å²) < 4.78 is 0. The Labute approximate surface area is 121 Å². The van der Waals surface area contributed by atoms with E-state index >= 15 is 0 Å². The molecule has 0 spiro atoms. The van der Waals surface area contributed by atoms with Gasteiger partial charge in [-0.05, 0) is 63.6 Å². The van der Waals surface area contributed by atoms with Gasteiger partial charge in [-0.1, -0.05) is 30.3 Å². The number of benzene rings is 1. The van der Waals surface area contributed by atoms with Crippen LogP contribution in [0.4, 0.5) is 0 Å². The first-order chi connectivity index (χ1) is 9.75. The van der Waals surface area contributed by atoms with Crippen LogP contribution in [0.2, 0.25) is 0 Å². The van der Waals surface area contributed by atoms with Gasteiger partial charge in [-0.15, -0.1) is 0 Å². The molecule has 1 aromatic carbocycles. The highest BCUT2D eigenvalue weighted by Crippen LogP contribution is 2.56. The molecule has 0 amide bonds. The number of aliphatic hydroxyl groups is 1. The Balaban J connectivity index is 1.63. The van der Waals surface area contributed by atoms with Crippen molar-refractivity contribution < 1.29 is 5.11 Å². The lowest BCUT2D eigenvalue weighted by Gasteiger charge is -2.59. The molecular formula is C18H25NO. The summed E-state index contributed by atoms with van der Waals surface area (Å²) in [4.78, 5) is 2.70. The first kappa shape index (κ1) is 12.8. The smallest absolute Gasteiger partial charge is 0.0654 e. The van der Waals surface area contributed by atoms with Crippen LogP contribution in [-0.4, -0.2) is 34.7 Å². The van der Waals surface area contributed by atoms with Gasteiger partial charge in [0.25, 0.3) is 0 Å². The summed E-state index contributed by atoms with van der Waals surface area (Å²) in [5.74, 6) is 0. The second-order valence-corrected chi connectivity index (χ2v) is 7.16. The molecule has 5 rings (SSSR count). The number of hydrogen-bond donors (Lipinski definition) is 1. The minimum atomic E-state index is -0.159. The van der Waals surface area contributed by atoms with Gasteiger partial charge in [0.15, 0.2) is 0 Å². The molecule has 0 radical (unpaired) electrons. The van der Waals surface area contributed by atoms with Crippen molar-refractivity contribution in [1.82, 2.24) is 4.90 Å². The van der Waals surface area contributed by atoms with E-state index in [9.17, 15) is 5.11 Å². The van der Waals surface area contributed by atoms with Crippen molar-refractivity contribution in [2.45, 2.75) is 62.0 Å². The van der Waals surface area contributed by atoms with Gasteiger partial charge in [-0.25, -0.2) is 0 Å². The molecule has 2 heteroatoms. The van der Waals surface area contributed by atoms with Crippen LogP contribution in [0.5, 0.6) is 0 Å². The Bertz CT molecular complexity index is 469. The molecule has 20 heavy (non-hydrogen) atoms. The largest absolute Gasteiger partial charge is 0.392 e. The van der Waals surface area contributed by atoms with Gasteiger partial charge in [0.05, 0.1) is 6.10 Å². The summed E-state index contributed by atoms with van der Waals surface area (Å²) >= 11 is 0.